The third-order valence-corrected chi connectivity index (χ3v) is 5.50. The van der Waals surface area contributed by atoms with E-state index < -0.39 is 11.7 Å². The van der Waals surface area contributed by atoms with Crippen molar-refractivity contribution in [1.29, 1.82) is 0 Å². The molecule has 0 saturated heterocycles. The Labute approximate surface area is 211 Å². The summed E-state index contributed by atoms with van der Waals surface area (Å²) in [6, 6.07) is 3.20. The van der Waals surface area contributed by atoms with Gasteiger partial charge in [-0.05, 0) is 36.7 Å². The van der Waals surface area contributed by atoms with E-state index in [1.54, 1.807) is 11.8 Å². The van der Waals surface area contributed by atoms with E-state index in [0.29, 0.717) is 30.0 Å². The molecular formula is C23H25ClF3N7O2. The number of nitrogens with one attached hydrogen (secondary N) is 1. The number of fused-ring (bicyclic) bond motifs is 1. The summed E-state index contributed by atoms with van der Waals surface area (Å²) in [4.78, 5) is 26.9. The Hall–Kier alpha value is -3.80. The first-order valence-corrected chi connectivity index (χ1v) is 11.0. The van der Waals surface area contributed by atoms with E-state index in [-0.39, 0.29) is 40.5 Å². The topological polar surface area (TPSA) is 109 Å². The van der Waals surface area contributed by atoms with Crippen LogP contribution in [0.4, 0.5) is 30.4 Å². The number of allylic oxidation sites excluding steroid dienone is 1. The van der Waals surface area contributed by atoms with Crippen molar-refractivity contribution < 1.29 is 22.7 Å². The zero-order chi connectivity index (χ0) is 26.6. The Morgan fingerprint density at radius 2 is 2.08 bits per heavy atom. The smallest absolute Gasteiger partial charge is 0.416 e. The second kappa shape index (κ2) is 10.9. The third kappa shape index (κ3) is 6.45. The first-order valence-electron chi connectivity index (χ1n) is 10.6. The maximum absolute atomic E-state index is 13.2. The standard InChI is InChI=1S/C23H25ClF3N7O2/c1-13(10-29-11-14(2)36-4)21(35)34-6-5-19-18(12-34)20(31-22(24)30-19)32-33(3)17-8-15(23(25,26)27)7-16(28)9-17/h7-11H,1,5-6,12,28H2,2-4H3,(H,30,31,32)/b14-11+,29-10?. The van der Waals surface area contributed by atoms with Gasteiger partial charge in [0.15, 0.2) is 5.82 Å². The number of carbonyl (C=O) groups is 1. The van der Waals surface area contributed by atoms with Gasteiger partial charge in [-0.15, -0.1) is 0 Å². The molecule has 0 atom stereocenters. The summed E-state index contributed by atoms with van der Waals surface area (Å²) < 4.78 is 44.7. The highest BCUT2D eigenvalue weighted by atomic mass is 35.5. The minimum absolute atomic E-state index is 0.0372. The first-order chi connectivity index (χ1) is 16.9. The Bertz CT molecular complexity index is 1230. The van der Waals surface area contributed by atoms with Gasteiger partial charge < -0.3 is 15.4 Å². The normalized spacial score (nSPS) is 14.0. The molecule has 0 bridgehead atoms. The maximum Gasteiger partial charge on any atom is 0.416 e. The average molecular weight is 524 g/mol. The van der Waals surface area contributed by atoms with E-state index in [1.807, 2.05) is 0 Å². The van der Waals surface area contributed by atoms with Crippen molar-refractivity contribution in [3.63, 3.8) is 0 Å². The second-order valence-corrected chi connectivity index (χ2v) is 8.31. The lowest BCUT2D eigenvalue weighted by molar-refractivity contribution is -0.137. The number of amides is 1. The van der Waals surface area contributed by atoms with Gasteiger partial charge in [-0.1, -0.05) is 6.58 Å². The zero-order valence-corrected chi connectivity index (χ0v) is 20.6. The summed E-state index contributed by atoms with van der Waals surface area (Å²) in [5.41, 5.74) is 9.20. The molecule has 1 amide bonds. The molecule has 3 rings (SSSR count). The van der Waals surface area contributed by atoms with Crippen LogP contribution < -0.4 is 16.2 Å². The number of rotatable bonds is 7. The van der Waals surface area contributed by atoms with Crippen LogP contribution in [0.5, 0.6) is 0 Å². The summed E-state index contributed by atoms with van der Waals surface area (Å²) in [5.74, 6) is 0.474. The van der Waals surface area contributed by atoms with Crippen LogP contribution in [0.25, 0.3) is 0 Å². The number of aromatic nitrogens is 2. The molecule has 1 aromatic heterocycles. The number of halogens is 4. The van der Waals surface area contributed by atoms with Crippen molar-refractivity contribution in [3.8, 4) is 0 Å². The van der Waals surface area contributed by atoms with Crippen molar-refractivity contribution >= 4 is 40.9 Å². The van der Waals surface area contributed by atoms with Crippen LogP contribution in [0.3, 0.4) is 0 Å². The van der Waals surface area contributed by atoms with Crippen LogP contribution in [0.1, 0.15) is 23.7 Å². The van der Waals surface area contributed by atoms with E-state index in [9.17, 15) is 18.0 Å². The molecule has 192 valence electrons. The van der Waals surface area contributed by atoms with Gasteiger partial charge in [0.05, 0.1) is 42.4 Å². The number of alkyl halides is 3. The summed E-state index contributed by atoms with van der Waals surface area (Å²) in [7, 11) is 3.02. The molecule has 0 spiro atoms. The summed E-state index contributed by atoms with van der Waals surface area (Å²) >= 11 is 6.09. The van der Waals surface area contributed by atoms with Gasteiger partial charge in [0.2, 0.25) is 5.28 Å². The molecule has 0 aliphatic carbocycles. The van der Waals surface area contributed by atoms with Crippen LogP contribution in [-0.2, 0) is 28.7 Å². The molecule has 0 fully saturated rings. The molecule has 9 nitrogen and oxygen atoms in total. The maximum atomic E-state index is 13.2. The van der Waals surface area contributed by atoms with E-state index >= 15 is 0 Å². The van der Waals surface area contributed by atoms with E-state index in [2.05, 4.69) is 27.0 Å². The van der Waals surface area contributed by atoms with Gasteiger partial charge in [-0.2, -0.15) is 18.2 Å². The van der Waals surface area contributed by atoms with E-state index in [0.717, 1.165) is 12.1 Å². The number of benzene rings is 1. The quantitative estimate of drug-likeness (QED) is 0.140. The second-order valence-electron chi connectivity index (χ2n) is 7.97. The fraction of sp³-hybridized carbons (Fsp3) is 0.304. The third-order valence-electron chi connectivity index (χ3n) is 5.33. The van der Waals surface area contributed by atoms with Crippen molar-refractivity contribution in [1.82, 2.24) is 14.9 Å². The number of anilines is 3. The minimum atomic E-state index is -4.56. The number of nitrogen functional groups attached to an aromatic ring is 1. The lowest BCUT2D eigenvalue weighted by Crippen LogP contribution is -2.38. The van der Waals surface area contributed by atoms with Gasteiger partial charge in [0.1, 0.15) is 5.76 Å². The lowest BCUT2D eigenvalue weighted by Gasteiger charge is -2.31. The number of nitrogens with two attached hydrogens (primary N) is 1. The van der Waals surface area contributed by atoms with E-state index in [1.165, 1.54) is 37.6 Å². The number of hydrazine groups is 1. The zero-order valence-electron chi connectivity index (χ0n) is 19.9. The minimum Gasteiger partial charge on any atom is -0.500 e. The number of carbonyl (C=O) groups excluding carboxylic acids is 1. The number of nitrogens with zero attached hydrogens (tertiary/aromatic N) is 5. The number of aliphatic imine (C=N–C) groups is 1. The number of ether oxygens (including phenoxy) is 1. The molecule has 2 aromatic rings. The Morgan fingerprint density at radius 3 is 2.75 bits per heavy atom. The predicted octanol–water partition coefficient (Wildman–Crippen LogP) is 4.21. The molecule has 0 radical (unpaired) electrons. The molecule has 2 heterocycles. The van der Waals surface area contributed by atoms with Gasteiger partial charge in [0, 0.05) is 37.5 Å². The Balaban J connectivity index is 1.84. The fourth-order valence-corrected chi connectivity index (χ4v) is 3.59. The number of hydrogen-bond donors (Lipinski definition) is 2. The first kappa shape index (κ1) is 26.8. The SMILES string of the molecule is C=C(C=N/C=C(\C)OC)C(=O)N1CCc2nc(Cl)nc(NN(C)c3cc(N)cc(C(F)(F)F)c3)c2C1. The van der Waals surface area contributed by atoms with Crippen molar-refractivity contribution in [2.24, 2.45) is 4.99 Å². The van der Waals surface area contributed by atoms with Crippen LogP contribution in [0, 0.1) is 0 Å². The molecular weight excluding hydrogens is 499 g/mol. The molecule has 0 unspecified atom stereocenters. The number of methoxy groups -OCH3 is 1. The van der Waals surface area contributed by atoms with Gasteiger partial charge >= 0.3 is 6.18 Å². The van der Waals surface area contributed by atoms with E-state index in [4.69, 9.17) is 22.1 Å². The van der Waals surface area contributed by atoms with Crippen LogP contribution in [-0.4, -0.2) is 47.7 Å². The molecule has 13 heteroatoms. The highest BCUT2D eigenvalue weighted by Gasteiger charge is 2.32. The van der Waals surface area contributed by atoms with Crippen molar-refractivity contribution in [3.05, 3.63) is 64.4 Å². The molecule has 1 aliphatic rings. The van der Waals surface area contributed by atoms with Crippen LogP contribution >= 0.6 is 11.6 Å². The molecule has 0 saturated carbocycles. The Kier molecular flexibility index (Phi) is 8.08. The Morgan fingerprint density at radius 1 is 1.36 bits per heavy atom. The summed E-state index contributed by atoms with van der Waals surface area (Å²) in [5, 5.41) is 1.30. The largest absolute Gasteiger partial charge is 0.500 e. The predicted molar refractivity (Wildman–Crippen MR) is 132 cm³/mol. The van der Waals surface area contributed by atoms with Crippen molar-refractivity contribution in [2.45, 2.75) is 26.1 Å². The summed E-state index contributed by atoms with van der Waals surface area (Å²) in [6.07, 6.45) is -1.37. The molecule has 1 aromatic carbocycles. The lowest BCUT2D eigenvalue weighted by atomic mass is 10.1. The van der Waals surface area contributed by atoms with Crippen LogP contribution in [0.15, 0.2) is 47.3 Å². The van der Waals surface area contributed by atoms with Gasteiger partial charge in [-0.3, -0.25) is 20.2 Å². The van der Waals surface area contributed by atoms with Gasteiger partial charge in [-0.25, -0.2) is 4.98 Å². The monoisotopic (exact) mass is 523 g/mol. The summed E-state index contributed by atoms with van der Waals surface area (Å²) in [6.45, 7) is 5.99. The fourth-order valence-electron chi connectivity index (χ4n) is 3.41. The highest BCUT2D eigenvalue weighted by molar-refractivity contribution is 6.28. The molecule has 3 N–H and O–H groups in total. The molecule has 1 aliphatic heterocycles. The molecule has 36 heavy (non-hydrogen) atoms. The van der Waals surface area contributed by atoms with Crippen molar-refractivity contribution in [2.75, 3.05) is 36.9 Å². The van der Waals surface area contributed by atoms with Gasteiger partial charge in [0.25, 0.3) is 5.91 Å². The number of hydrogen-bond acceptors (Lipinski definition) is 8. The highest BCUT2D eigenvalue weighted by Crippen LogP contribution is 2.34. The van der Waals surface area contributed by atoms with Crippen LogP contribution in [0.2, 0.25) is 5.28 Å². The average Bonchev–Trinajstić information content (AvgIpc) is 2.82.